The highest BCUT2D eigenvalue weighted by Gasteiger charge is 2.30. The van der Waals surface area contributed by atoms with E-state index in [4.69, 9.17) is 5.11 Å². The van der Waals surface area contributed by atoms with Crippen molar-refractivity contribution in [2.45, 2.75) is 52.1 Å². The van der Waals surface area contributed by atoms with Crippen LogP contribution in [0.4, 0.5) is 0 Å². The molecule has 0 aliphatic carbocycles. The highest BCUT2D eigenvalue weighted by Crippen LogP contribution is 2.13. The van der Waals surface area contributed by atoms with E-state index in [9.17, 15) is 9.59 Å². The Balaban J connectivity index is 2.57. The second-order valence-electron chi connectivity index (χ2n) is 5.13. The molecule has 1 aliphatic heterocycles. The summed E-state index contributed by atoms with van der Waals surface area (Å²) in [5.74, 6) is -1.19. The smallest absolute Gasteiger partial charge is 0.326 e. The highest BCUT2D eigenvalue weighted by atomic mass is 16.4. The van der Waals surface area contributed by atoms with Gasteiger partial charge in [-0.15, -0.1) is 0 Å². The van der Waals surface area contributed by atoms with Gasteiger partial charge in [-0.25, -0.2) is 4.79 Å². The van der Waals surface area contributed by atoms with E-state index in [1.54, 1.807) is 0 Å². The Bertz CT molecular complexity index is 301. The van der Waals surface area contributed by atoms with Gasteiger partial charge in [-0.1, -0.05) is 20.3 Å². The monoisotopic (exact) mass is 256 g/mol. The van der Waals surface area contributed by atoms with Gasteiger partial charge in [0.25, 0.3) is 0 Å². The Morgan fingerprint density at radius 3 is 2.28 bits per heavy atom. The number of carbonyl (C=O) groups is 2. The highest BCUT2D eigenvalue weighted by molar-refractivity contribution is 5.86. The maximum absolute atomic E-state index is 12.0. The van der Waals surface area contributed by atoms with Gasteiger partial charge in [0.1, 0.15) is 6.04 Å². The lowest BCUT2D eigenvalue weighted by molar-refractivity contribution is -0.144. The molecule has 1 rings (SSSR count). The van der Waals surface area contributed by atoms with Gasteiger partial charge in [-0.2, -0.15) is 0 Å². The van der Waals surface area contributed by atoms with Gasteiger partial charge in [0.05, 0.1) is 6.04 Å². The lowest BCUT2D eigenvalue weighted by Crippen LogP contribution is -2.51. The summed E-state index contributed by atoms with van der Waals surface area (Å²) in [7, 11) is 0. The molecule has 104 valence electrons. The molecule has 0 saturated carbocycles. The molecule has 18 heavy (non-hydrogen) atoms. The molecule has 1 aliphatic rings. The molecule has 1 fully saturated rings. The summed E-state index contributed by atoms with van der Waals surface area (Å²) in [6.45, 7) is 7.47. The quantitative estimate of drug-likeness (QED) is 0.746. The number of hydrogen-bond acceptors (Lipinski definition) is 3. The van der Waals surface area contributed by atoms with Crippen molar-refractivity contribution in [3.8, 4) is 0 Å². The molecule has 5 nitrogen and oxygen atoms in total. The van der Waals surface area contributed by atoms with E-state index in [0.29, 0.717) is 0 Å². The third-order valence-corrected chi connectivity index (χ3v) is 3.84. The van der Waals surface area contributed by atoms with Crippen molar-refractivity contribution < 1.29 is 14.7 Å². The average molecular weight is 256 g/mol. The molecule has 0 aromatic rings. The minimum absolute atomic E-state index is 0.0581. The zero-order chi connectivity index (χ0) is 13.7. The fourth-order valence-electron chi connectivity index (χ4n) is 2.25. The zero-order valence-corrected chi connectivity index (χ0v) is 11.5. The van der Waals surface area contributed by atoms with Crippen molar-refractivity contribution in [1.82, 2.24) is 10.2 Å². The van der Waals surface area contributed by atoms with Gasteiger partial charge < -0.3 is 10.4 Å². The summed E-state index contributed by atoms with van der Waals surface area (Å²) >= 11 is 0. The number of rotatable bonds is 6. The van der Waals surface area contributed by atoms with Crippen LogP contribution in [0.2, 0.25) is 0 Å². The first-order valence-electron chi connectivity index (χ1n) is 6.74. The molecule has 3 unspecified atom stereocenters. The molecular formula is C13H24N2O3. The van der Waals surface area contributed by atoms with Crippen LogP contribution in [0.5, 0.6) is 0 Å². The summed E-state index contributed by atoms with van der Waals surface area (Å²) in [6.07, 6.45) is 2.96. The van der Waals surface area contributed by atoms with E-state index < -0.39 is 12.0 Å². The van der Waals surface area contributed by atoms with Gasteiger partial charge in [0, 0.05) is 0 Å². The SMILES string of the molecule is CCC(C)C(NC(=O)C(C)N1CCCC1)C(=O)O. The first-order valence-corrected chi connectivity index (χ1v) is 6.74. The molecule has 0 radical (unpaired) electrons. The molecule has 0 spiro atoms. The molecule has 5 heteroatoms. The summed E-state index contributed by atoms with van der Waals surface area (Å²) in [5, 5.41) is 11.8. The second-order valence-corrected chi connectivity index (χ2v) is 5.13. The number of nitrogens with one attached hydrogen (secondary N) is 1. The van der Waals surface area contributed by atoms with Gasteiger partial charge in [0.2, 0.25) is 5.91 Å². The molecule has 1 amide bonds. The van der Waals surface area contributed by atoms with E-state index in [2.05, 4.69) is 10.2 Å². The van der Waals surface area contributed by atoms with Crippen molar-refractivity contribution in [2.24, 2.45) is 5.92 Å². The first-order chi connectivity index (χ1) is 8.47. The van der Waals surface area contributed by atoms with Crippen molar-refractivity contribution in [3.63, 3.8) is 0 Å². The number of aliphatic carboxylic acids is 1. The van der Waals surface area contributed by atoms with Gasteiger partial charge in [-0.3, -0.25) is 9.69 Å². The Morgan fingerprint density at radius 2 is 1.83 bits per heavy atom. The predicted octanol–water partition coefficient (Wildman–Crippen LogP) is 1.09. The number of carboxylic acid groups (broad SMARTS) is 1. The molecule has 2 N–H and O–H groups in total. The Kier molecular flexibility index (Phi) is 5.59. The molecule has 1 heterocycles. The molecule has 3 atom stereocenters. The largest absolute Gasteiger partial charge is 0.480 e. The molecule has 0 aromatic heterocycles. The van der Waals surface area contributed by atoms with Crippen LogP contribution in [-0.4, -0.2) is 47.1 Å². The predicted molar refractivity (Wildman–Crippen MR) is 69.3 cm³/mol. The van der Waals surface area contributed by atoms with E-state index in [-0.39, 0.29) is 17.9 Å². The number of nitrogens with zero attached hydrogens (tertiary/aromatic N) is 1. The van der Waals surface area contributed by atoms with Crippen molar-refractivity contribution in [1.29, 1.82) is 0 Å². The summed E-state index contributed by atoms with van der Waals surface area (Å²) in [4.78, 5) is 25.3. The number of likely N-dealkylation sites (tertiary alicyclic amines) is 1. The van der Waals surface area contributed by atoms with Crippen LogP contribution in [0, 0.1) is 5.92 Å². The molecule has 0 bridgehead atoms. The van der Waals surface area contributed by atoms with Crippen molar-refractivity contribution in [2.75, 3.05) is 13.1 Å². The normalized spacial score (nSPS) is 21.3. The maximum atomic E-state index is 12.0. The Labute approximate surface area is 109 Å². The van der Waals surface area contributed by atoms with Gasteiger partial charge >= 0.3 is 5.97 Å². The van der Waals surface area contributed by atoms with E-state index in [0.717, 1.165) is 32.4 Å². The van der Waals surface area contributed by atoms with Crippen LogP contribution in [0.3, 0.4) is 0 Å². The Hall–Kier alpha value is -1.10. The standard InChI is InChI=1S/C13H24N2O3/c1-4-9(2)11(13(17)18)14-12(16)10(3)15-7-5-6-8-15/h9-11H,4-8H2,1-3H3,(H,14,16)(H,17,18). The minimum atomic E-state index is -0.952. The van der Waals surface area contributed by atoms with Crippen LogP contribution in [0.25, 0.3) is 0 Å². The number of amides is 1. The minimum Gasteiger partial charge on any atom is -0.480 e. The number of carboxylic acids is 1. The summed E-state index contributed by atoms with van der Waals surface area (Å²) < 4.78 is 0. The third-order valence-electron chi connectivity index (χ3n) is 3.84. The molecule has 1 saturated heterocycles. The van der Waals surface area contributed by atoms with Crippen LogP contribution in [0.15, 0.2) is 0 Å². The molecule has 0 aromatic carbocycles. The summed E-state index contributed by atoms with van der Waals surface area (Å²) in [6, 6.07) is -1.02. The van der Waals surface area contributed by atoms with E-state index in [1.165, 1.54) is 0 Å². The number of carbonyl (C=O) groups excluding carboxylic acids is 1. The average Bonchev–Trinajstić information content (AvgIpc) is 2.87. The fraction of sp³-hybridized carbons (Fsp3) is 0.846. The van der Waals surface area contributed by atoms with Crippen molar-refractivity contribution >= 4 is 11.9 Å². The first kappa shape index (κ1) is 15.0. The van der Waals surface area contributed by atoms with Crippen LogP contribution in [-0.2, 0) is 9.59 Å². The van der Waals surface area contributed by atoms with E-state index in [1.807, 2.05) is 20.8 Å². The molecular weight excluding hydrogens is 232 g/mol. The lowest BCUT2D eigenvalue weighted by Gasteiger charge is -2.26. The topological polar surface area (TPSA) is 69.6 Å². The van der Waals surface area contributed by atoms with Crippen LogP contribution >= 0.6 is 0 Å². The second kappa shape index (κ2) is 6.73. The number of hydrogen-bond donors (Lipinski definition) is 2. The Morgan fingerprint density at radius 1 is 1.28 bits per heavy atom. The summed E-state index contributed by atoms with van der Waals surface area (Å²) in [5.41, 5.74) is 0. The van der Waals surface area contributed by atoms with Crippen LogP contribution in [0.1, 0.15) is 40.0 Å². The lowest BCUT2D eigenvalue weighted by atomic mass is 9.99. The van der Waals surface area contributed by atoms with Crippen molar-refractivity contribution in [3.05, 3.63) is 0 Å². The van der Waals surface area contributed by atoms with Gasteiger partial charge in [0.15, 0.2) is 0 Å². The van der Waals surface area contributed by atoms with Crippen LogP contribution < -0.4 is 5.32 Å². The maximum Gasteiger partial charge on any atom is 0.326 e. The fourth-order valence-corrected chi connectivity index (χ4v) is 2.25. The van der Waals surface area contributed by atoms with E-state index >= 15 is 0 Å². The van der Waals surface area contributed by atoms with Gasteiger partial charge in [-0.05, 0) is 38.8 Å². The zero-order valence-electron chi connectivity index (χ0n) is 11.5. The third kappa shape index (κ3) is 3.70.